The average molecular weight is 245 g/mol. The molecule has 0 radical (unpaired) electrons. The molecule has 0 atom stereocenters. The van der Waals surface area contributed by atoms with Crippen LogP contribution in [0.5, 0.6) is 0 Å². The smallest absolute Gasteiger partial charge is 0.242 e. The van der Waals surface area contributed by atoms with Crippen LogP contribution in [-0.4, -0.2) is 22.9 Å². The Morgan fingerprint density at radius 3 is 2.56 bits per heavy atom. The third-order valence-electron chi connectivity index (χ3n) is 2.72. The first-order valence-corrected chi connectivity index (χ1v) is 5.96. The molecule has 0 aliphatic heterocycles. The van der Waals surface area contributed by atoms with Crippen LogP contribution in [-0.2, 0) is 11.3 Å². The highest BCUT2D eigenvalue weighted by molar-refractivity contribution is 5.85. The molecule has 2 N–H and O–H groups in total. The monoisotopic (exact) mass is 245 g/mol. The molecule has 0 unspecified atom stereocenters. The number of benzene rings is 1. The van der Waals surface area contributed by atoms with Gasteiger partial charge in [-0.3, -0.25) is 4.79 Å². The summed E-state index contributed by atoms with van der Waals surface area (Å²) in [5.74, 6) is -0.113. The molecule has 1 rings (SSSR count). The van der Waals surface area contributed by atoms with Crippen LogP contribution in [0, 0.1) is 11.3 Å². The zero-order valence-electron chi connectivity index (χ0n) is 11.1. The van der Waals surface area contributed by atoms with E-state index in [1.165, 1.54) is 0 Å². The third-order valence-corrected chi connectivity index (χ3v) is 2.72. The van der Waals surface area contributed by atoms with Gasteiger partial charge in [0.05, 0.1) is 17.2 Å². The van der Waals surface area contributed by atoms with E-state index >= 15 is 0 Å². The standard InChI is InChI=1S/C14H19N3O/c1-4-17(13(18)14(2,3)16)10-12-8-6-5-7-11(12)9-15/h5-8H,4,10,16H2,1-3H3. The Hall–Kier alpha value is -1.86. The number of carbonyl (C=O) groups is 1. The summed E-state index contributed by atoms with van der Waals surface area (Å²) < 4.78 is 0. The van der Waals surface area contributed by atoms with Gasteiger partial charge in [-0.25, -0.2) is 0 Å². The normalized spacial score (nSPS) is 10.8. The fraction of sp³-hybridized carbons (Fsp3) is 0.429. The number of rotatable bonds is 4. The molecule has 1 aromatic rings. The van der Waals surface area contributed by atoms with E-state index in [9.17, 15) is 4.79 Å². The minimum absolute atomic E-state index is 0.113. The minimum Gasteiger partial charge on any atom is -0.337 e. The fourth-order valence-electron chi connectivity index (χ4n) is 1.71. The van der Waals surface area contributed by atoms with Crippen LogP contribution in [0.4, 0.5) is 0 Å². The molecule has 0 aromatic heterocycles. The van der Waals surface area contributed by atoms with Gasteiger partial charge in [0.1, 0.15) is 0 Å². The van der Waals surface area contributed by atoms with Crippen molar-refractivity contribution in [3.8, 4) is 6.07 Å². The summed E-state index contributed by atoms with van der Waals surface area (Å²) in [7, 11) is 0. The van der Waals surface area contributed by atoms with Gasteiger partial charge in [0.2, 0.25) is 5.91 Å². The highest BCUT2D eigenvalue weighted by Gasteiger charge is 2.27. The second-order valence-corrected chi connectivity index (χ2v) is 4.81. The number of nitrogens with zero attached hydrogens (tertiary/aromatic N) is 2. The van der Waals surface area contributed by atoms with Crippen LogP contribution in [0.25, 0.3) is 0 Å². The molecular weight excluding hydrogens is 226 g/mol. The van der Waals surface area contributed by atoms with Crippen molar-refractivity contribution >= 4 is 5.91 Å². The SMILES string of the molecule is CCN(Cc1ccccc1C#N)C(=O)C(C)(C)N. The number of amides is 1. The molecule has 96 valence electrons. The van der Waals surface area contributed by atoms with Gasteiger partial charge in [-0.2, -0.15) is 5.26 Å². The summed E-state index contributed by atoms with van der Waals surface area (Å²) in [5, 5.41) is 9.02. The van der Waals surface area contributed by atoms with Crippen LogP contribution in [0.3, 0.4) is 0 Å². The van der Waals surface area contributed by atoms with Crippen LogP contribution >= 0.6 is 0 Å². The Morgan fingerprint density at radius 1 is 1.44 bits per heavy atom. The average Bonchev–Trinajstić information content (AvgIpc) is 2.34. The van der Waals surface area contributed by atoms with Gasteiger partial charge in [0, 0.05) is 13.1 Å². The van der Waals surface area contributed by atoms with Crippen molar-refractivity contribution < 1.29 is 4.79 Å². The molecule has 0 spiro atoms. The lowest BCUT2D eigenvalue weighted by Gasteiger charge is -2.28. The lowest BCUT2D eigenvalue weighted by Crippen LogP contribution is -2.50. The van der Waals surface area contributed by atoms with Crippen LogP contribution in [0.1, 0.15) is 31.9 Å². The van der Waals surface area contributed by atoms with Gasteiger partial charge >= 0.3 is 0 Å². The maximum absolute atomic E-state index is 12.1. The summed E-state index contributed by atoms with van der Waals surface area (Å²) in [4.78, 5) is 13.8. The van der Waals surface area contributed by atoms with E-state index in [2.05, 4.69) is 6.07 Å². The van der Waals surface area contributed by atoms with Gasteiger partial charge < -0.3 is 10.6 Å². The Kier molecular flexibility index (Phi) is 4.46. The van der Waals surface area contributed by atoms with Gasteiger partial charge in [0.15, 0.2) is 0 Å². The van der Waals surface area contributed by atoms with E-state index in [0.717, 1.165) is 5.56 Å². The third kappa shape index (κ3) is 3.31. The highest BCUT2D eigenvalue weighted by atomic mass is 16.2. The second-order valence-electron chi connectivity index (χ2n) is 4.81. The molecule has 1 amide bonds. The van der Waals surface area contributed by atoms with E-state index in [0.29, 0.717) is 18.7 Å². The number of likely N-dealkylation sites (N-methyl/N-ethyl adjacent to an activating group) is 1. The molecule has 0 saturated carbocycles. The van der Waals surface area contributed by atoms with E-state index in [4.69, 9.17) is 11.0 Å². The molecule has 0 heterocycles. The largest absolute Gasteiger partial charge is 0.337 e. The zero-order chi connectivity index (χ0) is 13.8. The number of nitriles is 1. The van der Waals surface area contributed by atoms with Crippen molar-refractivity contribution in [3.05, 3.63) is 35.4 Å². The van der Waals surface area contributed by atoms with Crippen LogP contribution in [0.2, 0.25) is 0 Å². The van der Waals surface area contributed by atoms with Gasteiger partial charge in [0.25, 0.3) is 0 Å². The first kappa shape index (κ1) is 14.2. The topological polar surface area (TPSA) is 70.1 Å². The number of hydrogen-bond donors (Lipinski definition) is 1. The van der Waals surface area contributed by atoms with Crippen molar-refractivity contribution in [2.75, 3.05) is 6.54 Å². The molecule has 4 nitrogen and oxygen atoms in total. The molecular formula is C14H19N3O. The van der Waals surface area contributed by atoms with Crippen molar-refractivity contribution in [1.82, 2.24) is 4.90 Å². The Labute approximate surface area is 108 Å². The molecule has 1 aromatic carbocycles. The minimum atomic E-state index is -0.891. The molecule has 0 fully saturated rings. The Bertz CT molecular complexity index is 469. The summed E-state index contributed by atoms with van der Waals surface area (Å²) >= 11 is 0. The lowest BCUT2D eigenvalue weighted by atomic mass is 10.0. The van der Waals surface area contributed by atoms with Crippen LogP contribution in [0.15, 0.2) is 24.3 Å². The van der Waals surface area contributed by atoms with E-state index in [-0.39, 0.29) is 5.91 Å². The highest BCUT2D eigenvalue weighted by Crippen LogP contribution is 2.13. The first-order valence-electron chi connectivity index (χ1n) is 5.96. The predicted molar refractivity (Wildman–Crippen MR) is 70.5 cm³/mol. The van der Waals surface area contributed by atoms with Crippen molar-refractivity contribution in [2.24, 2.45) is 5.73 Å². The van der Waals surface area contributed by atoms with Gasteiger partial charge in [-0.1, -0.05) is 18.2 Å². The first-order chi connectivity index (χ1) is 8.40. The molecule has 0 aliphatic rings. The van der Waals surface area contributed by atoms with Crippen molar-refractivity contribution in [3.63, 3.8) is 0 Å². The predicted octanol–water partition coefficient (Wildman–Crippen LogP) is 1.64. The van der Waals surface area contributed by atoms with E-state index in [1.807, 2.05) is 25.1 Å². The Morgan fingerprint density at radius 2 is 2.06 bits per heavy atom. The summed E-state index contributed by atoms with van der Waals surface area (Å²) in [5.41, 5.74) is 6.37. The molecule has 18 heavy (non-hydrogen) atoms. The fourth-order valence-corrected chi connectivity index (χ4v) is 1.71. The zero-order valence-corrected chi connectivity index (χ0v) is 11.1. The van der Waals surface area contributed by atoms with Crippen LogP contribution < -0.4 is 5.73 Å². The lowest BCUT2D eigenvalue weighted by molar-refractivity contribution is -0.136. The summed E-state index contributed by atoms with van der Waals surface area (Å²) in [6, 6.07) is 9.42. The quantitative estimate of drug-likeness (QED) is 0.876. The van der Waals surface area contributed by atoms with Crippen molar-refractivity contribution in [1.29, 1.82) is 5.26 Å². The summed E-state index contributed by atoms with van der Waals surface area (Å²) in [6.45, 7) is 6.26. The Balaban J connectivity index is 2.94. The number of hydrogen-bond acceptors (Lipinski definition) is 3. The number of nitrogens with two attached hydrogens (primary N) is 1. The van der Waals surface area contributed by atoms with E-state index < -0.39 is 5.54 Å². The second kappa shape index (κ2) is 5.65. The van der Waals surface area contributed by atoms with Crippen molar-refractivity contribution in [2.45, 2.75) is 32.9 Å². The molecule has 4 heteroatoms. The maximum atomic E-state index is 12.1. The molecule has 0 bridgehead atoms. The van der Waals surface area contributed by atoms with Gasteiger partial charge in [-0.05, 0) is 32.4 Å². The molecule has 0 aliphatic carbocycles. The maximum Gasteiger partial charge on any atom is 0.242 e. The summed E-state index contributed by atoms with van der Waals surface area (Å²) in [6.07, 6.45) is 0. The number of carbonyl (C=O) groups excluding carboxylic acids is 1. The van der Waals surface area contributed by atoms with Gasteiger partial charge in [-0.15, -0.1) is 0 Å². The molecule has 0 saturated heterocycles. The van der Waals surface area contributed by atoms with E-state index in [1.54, 1.807) is 24.8 Å².